The Balaban J connectivity index is 2.13. The number of hydrogen-bond donors (Lipinski definition) is 2. The highest BCUT2D eigenvalue weighted by Crippen LogP contribution is 2.26. The molecule has 0 saturated heterocycles. The molecule has 0 radical (unpaired) electrons. The zero-order valence-electron chi connectivity index (χ0n) is 8.60. The molecule has 2 aliphatic heterocycles. The van der Waals surface area contributed by atoms with Gasteiger partial charge in [0.25, 0.3) is 0 Å². The zero-order chi connectivity index (χ0) is 11.0. The highest BCUT2D eigenvalue weighted by Gasteiger charge is 2.26. The van der Waals surface area contributed by atoms with Crippen molar-refractivity contribution in [3.05, 3.63) is 47.3 Å². The number of allylic oxidation sites excluding steroid dienone is 3. The summed E-state index contributed by atoms with van der Waals surface area (Å²) in [6, 6.07) is -0.0302. The number of amides is 1. The predicted molar refractivity (Wildman–Crippen MR) is 61.6 cm³/mol. The summed E-state index contributed by atoms with van der Waals surface area (Å²) in [5.41, 5.74) is 3.03. The number of carbonyl (C=O) groups excluding carboxylic acids is 1. The Morgan fingerprint density at radius 1 is 1.38 bits per heavy atom. The fourth-order valence-electron chi connectivity index (χ4n) is 2.09. The summed E-state index contributed by atoms with van der Waals surface area (Å²) in [6.45, 7) is 0. The van der Waals surface area contributed by atoms with E-state index >= 15 is 0 Å². The van der Waals surface area contributed by atoms with Crippen molar-refractivity contribution < 1.29 is 4.79 Å². The van der Waals surface area contributed by atoms with E-state index in [4.69, 9.17) is 0 Å². The molecule has 3 aliphatic rings. The minimum Gasteiger partial charge on any atom is -0.346 e. The topological polar surface area (TPSA) is 53.5 Å². The normalized spacial score (nSPS) is 26.4. The van der Waals surface area contributed by atoms with Crippen LogP contribution in [0.3, 0.4) is 0 Å². The second kappa shape index (κ2) is 3.48. The minimum absolute atomic E-state index is 0.0302. The fraction of sp³-hybridized carbons (Fsp3) is 0.167. The van der Waals surface area contributed by atoms with Crippen LogP contribution in [0.1, 0.15) is 6.42 Å². The summed E-state index contributed by atoms with van der Waals surface area (Å²) >= 11 is 0. The van der Waals surface area contributed by atoms with Crippen LogP contribution in [0.4, 0.5) is 0 Å². The molecule has 0 bridgehead atoms. The summed E-state index contributed by atoms with van der Waals surface area (Å²) in [5.74, 6) is 0.0302. The van der Waals surface area contributed by atoms with E-state index in [1.165, 1.54) is 0 Å². The second-order valence-electron chi connectivity index (χ2n) is 3.87. The largest absolute Gasteiger partial charge is 0.346 e. The van der Waals surface area contributed by atoms with E-state index < -0.39 is 0 Å². The van der Waals surface area contributed by atoms with Crippen LogP contribution in [0.2, 0.25) is 0 Å². The highest BCUT2D eigenvalue weighted by molar-refractivity contribution is 5.84. The first-order chi connectivity index (χ1) is 7.84. The summed E-state index contributed by atoms with van der Waals surface area (Å²) in [6.07, 6.45) is 11.7. The number of nitrogens with zero attached hydrogens (tertiary/aromatic N) is 1. The van der Waals surface area contributed by atoms with Gasteiger partial charge in [-0.3, -0.25) is 4.79 Å². The lowest BCUT2D eigenvalue weighted by Crippen LogP contribution is -2.33. The number of hydrogen-bond acceptors (Lipinski definition) is 3. The average Bonchev–Trinajstić information content (AvgIpc) is 2.44. The number of nitrogens with one attached hydrogen (secondary N) is 2. The van der Waals surface area contributed by atoms with Crippen LogP contribution in [-0.2, 0) is 4.79 Å². The molecule has 0 aromatic carbocycles. The van der Waals surface area contributed by atoms with E-state index in [2.05, 4.69) is 15.6 Å². The van der Waals surface area contributed by atoms with Crippen molar-refractivity contribution in [1.82, 2.24) is 10.6 Å². The van der Waals surface area contributed by atoms with Gasteiger partial charge in [-0.1, -0.05) is 24.3 Å². The Morgan fingerprint density at radius 3 is 3.25 bits per heavy atom. The van der Waals surface area contributed by atoms with E-state index in [9.17, 15) is 4.79 Å². The maximum Gasteiger partial charge on any atom is 0.225 e. The number of fused-ring (bicyclic) bond motifs is 2. The van der Waals surface area contributed by atoms with Crippen LogP contribution in [-0.4, -0.2) is 18.3 Å². The Labute approximate surface area is 93.1 Å². The summed E-state index contributed by atoms with van der Waals surface area (Å²) < 4.78 is 0. The summed E-state index contributed by atoms with van der Waals surface area (Å²) in [7, 11) is 0. The van der Waals surface area contributed by atoms with Gasteiger partial charge in [0.15, 0.2) is 0 Å². The van der Waals surface area contributed by atoms with Gasteiger partial charge in [-0.25, -0.2) is 4.99 Å². The molecule has 4 nitrogen and oxygen atoms in total. The van der Waals surface area contributed by atoms with Gasteiger partial charge in [0.2, 0.25) is 5.91 Å². The van der Waals surface area contributed by atoms with Crippen LogP contribution >= 0.6 is 0 Å². The number of rotatable bonds is 0. The van der Waals surface area contributed by atoms with Crippen LogP contribution in [0.25, 0.3) is 0 Å². The third kappa shape index (κ3) is 1.39. The van der Waals surface area contributed by atoms with Crippen molar-refractivity contribution in [1.29, 1.82) is 0 Å². The Hall–Kier alpha value is -2.10. The third-order valence-electron chi connectivity index (χ3n) is 2.82. The van der Waals surface area contributed by atoms with Crippen molar-refractivity contribution >= 4 is 12.2 Å². The lowest BCUT2D eigenvalue weighted by Gasteiger charge is -2.19. The van der Waals surface area contributed by atoms with Gasteiger partial charge >= 0.3 is 0 Å². The van der Waals surface area contributed by atoms with Crippen LogP contribution < -0.4 is 10.6 Å². The van der Waals surface area contributed by atoms with Gasteiger partial charge in [-0.2, -0.15) is 0 Å². The van der Waals surface area contributed by atoms with Gasteiger partial charge in [0, 0.05) is 17.3 Å². The van der Waals surface area contributed by atoms with E-state index in [0.717, 1.165) is 16.8 Å². The number of aliphatic imine (C=N–C) groups is 1. The van der Waals surface area contributed by atoms with Crippen molar-refractivity contribution in [3.63, 3.8) is 0 Å². The van der Waals surface area contributed by atoms with Crippen molar-refractivity contribution in [2.24, 2.45) is 4.99 Å². The monoisotopic (exact) mass is 213 g/mol. The van der Waals surface area contributed by atoms with E-state index in [1.54, 1.807) is 12.5 Å². The van der Waals surface area contributed by atoms with Gasteiger partial charge < -0.3 is 10.6 Å². The van der Waals surface area contributed by atoms with Gasteiger partial charge in [0.05, 0.1) is 24.5 Å². The lowest BCUT2D eigenvalue weighted by molar-refractivity contribution is -0.120. The molecule has 1 atom stereocenters. The molecule has 2 N–H and O–H groups in total. The quantitative estimate of drug-likeness (QED) is 0.624. The Morgan fingerprint density at radius 2 is 2.31 bits per heavy atom. The van der Waals surface area contributed by atoms with E-state index in [1.807, 2.05) is 24.3 Å². The molecule has 0 aromatic heterocycles. The van der Waals surface area contributed by atoms with Crippen LogP contribution in [0.15, 0.2) is 52.3 Å². The molecule has 1 unspecified atom stereocenters. The minimum atomic E-state index is -0.0302. The molecule has 80 valence electrons. The maximum atomic E-state index is 11.7. The smallest absolute Gasteiger partial charge is 0.225 e. The first-order valence-corrected chi connectivity index (χ1v) is 5.20. The van der Waals surface area contributed by atoms with Crippen LogP contribution in [0, 0.1) is 0 Å². The fourth-order valence-corrected chi connectivity index (χ4v) is 2.09. The zero-order valence-corrected chi connectivity index (χ0v) is 8.60. The van der Waals surface area contributed by atoms with Gasteiger partial charge in [-0.05, 0) is 0 Å². The van der Waals surface area contributed by atoms with E-state index in [0.29, 0.717) is 6.42 Å². The Kier molecular flexibility index (Phi) is 1.99. The molecule has 1 aliphatic carbocycles. The van der Waals surface area contributed by atoms with Gasteiger partial charge in [0.1, 0.15) is 0 Å². The van der Waals surface area contributed by atoms with Crippen LogP contribution in [0.5, 0.6) is 0 Å². The first kappa shape index (κ1) is 9.15. The molecule has 0 fully saturated rings. The lowest BCUT2D eigenvalue weighted by atomic mass is 9.97. The molecule has 0 saturated carbocycles. The molecular formula is C12H11N3O. The molecule has 2 heterocycles. The second-order valence-corrected chi connectivity index (χ2v) is 3.87. The SMILES string of the molecule is O=C1CC2=CN=CNC2=C2C=CC=CC2N1. The first-order valence-electron chi connectivity index (χ1n) is 5.20. The van der Waals surface area contributed by atoms with Crippen molar-refractivity contribution in [2.75, 3.05) is 0 Å². The molecule has 16 heavy (non-hydrogen) atoms. The highest BCUT2D eigenvalue weighted by atomic mass is 16.1. The average molecular weight is 213 g/mol. The summed E-state index contributed by atoms with van der Waals surface area (Å²) in [4.78, 5) is 15.7. The summed E-state index contributed by atoms with van der Waals surface area (Å²) in [5, 5.41) is 6.09. The van der Waals surface area contributed by atoms with Crippen molar-refractivity contribution in [3.8, 4) is 0 Å². The van der Waals surface area contributed by atoms with Gasteiger partial charge in [-0.15, -0.1) is 0 Å². The number of carbonyl (C=O) groups is 1. The predicted octanol–water partition coefficient (Wildman–Crippen LogP) is 0.770. The molecule has 1 amide bonds. The molecular weight excluding hydrogens is 202 g/mol. The molecule has 0 aromatic rings. The molecule has 0 spiro atoms. The standard InChI is InChI=1S/C12H11N3O/c16-11-5-8-6-13-7-14-12(8)9-3-1-2-4-10(9)15-11/h1-4,6-7,10H,5H2,(H,13,14)(H,15,16). The Bertz CT molecular complexity index is 494. The van der Waals surface area contributed by atoms with Crippen molar-refractivity contribution in [2.45, 2.75) is 12.5 Å². The van der Waals surface area contributed by atoms with E-state index in [-0.39, 0.29) is 11.9 Å². The maximum absolute atomic E-state index is 11.7. The molecule has 3 rings (SSSR count). The molecule has 4 heteroatoms. The third-order valence-corrected chi connectivity index (χ3v) is 2.82.